The Labute approximate surface area is 175 Å². The van der Waals surface area contributed by atoms with Gasteiger partial charge in [0.2, 0.25) is 5.91 Å². The zero-order chi connectivity index (χ0) is 21.9. The molecule has 2 aromatic rings. The number of furan rings is 1. The van der Waals surface area contributed by atoms with E-state index < -0.39 is 41.6 Å². The van der Waals surface area contributed by atoms with Crippen LogP contribution in [0.15, 0.2) is 53.1 Å². The first-order chi connectivity index (χ1) is 14.2. The van der Waals surface area contributed by atoms with Crippen molar-refractivity contribution in [1.29, 1.82) is 0 Å². The molecule has 3 atom stereocenters. The van der Waals surface area contributed by atoms with Crippen LogP contribution in [0.4, 0.5) is 4.79 Å². The van der Waals surface area contributed by atoms with E-state index in [0.717, 1.165) is 10.5 Å². The van der Waals surface area contributed by atoms with Crippen LogP contribution in [0.2, 0.25) is 0 Å². The molecule has 160 valence electrons. The monoisotopic (exact) mass is 413 g/mol. The second-order valence-corrected chi connectivity index (χ2v) is 8.43. The van der Waals surface area contributed by atoms with E-state index in [1.54, 1.807) is 39.8 Å². The van der Waals surface area contributed by atoms with Crippen LogP contribution in [0.3, 0.4) is 0 Å². The van der Waals surface area contributed by atoms with Crippen molar-refractivity contribution in [2.24, 2.45) is 5.92 Å². The molecule has 1 fully saturated rings. The Morgan fingerprint density at radius 2 is 1.83 bits per heavy atom. The largest absolute Gasteiger partial charge is 0.469 e. The summed E-state index contributed by atoms with van der Waals surface area (Å²) in [6.45, 7) is 7.05. The van der Waals surface area contributed by atoms with Gasteiger partial charge in [0, 0.05) is 6.42 Å². The highest BCUT2D eigenvalue weighted by molar-refractivity contribution is 5.96. The molecular weight excluding hydrogens is 386 g/mol. The normalized spacial score (nSPS) is 20.0. The van der Waals surface area contributed by atoms with Gasteiger partial charge in [-0.2, -0.15) is 0 Å². The number of rotatable bonds is 6. The lowest BCUT2D eigenvalue weighted by Crippen LogP contribution is -2.43. The number of cyclic esters (lactones) is 1. The maximum absolute atomic E-state index is 13.3. The molecule has 0 spiro atoms. The van der Waals surface area contributed by atoms with E-state index in [2.05, 4.69) is 0 Å². The van der Waals surface area contributed by atoms with E-state index >= 15 is 0 Å². The molecule has 1 saturated heterocycles. The Hall–Kier alpha value is -3.09. The molecule has 7 heteroatoms. The van der Waals surface area contributed by atoms with Gasteiger partial charge in [-0.25, -0.2) is 9.69 Å². The van der Waals surface area contributed by atoms with Gasteiger partial charge in [0.05, 0.1) is 24.6 Å². The predicted octanol–water partition coefficient (Wildman–Crippen LogP) is 4.28. The van der Waals surface area contributed by atoms with Crippen LogP contribution >= 0.6 is 0 Å². The molecule has 0 radical (unpaired) electrons. The highest BCUT2D eigenvalue weighted by Gasteiger charge is 2.45. The van der Waals surface area contributed by atoms with Gasteiger partial charge >= 0.3 is 12.1 Å². The SMILES string of the molecule is C[C@H]1C(c2ccccc2)OC(=O)N1C(=O)[C@@H](CC(=O)OC(C)(C)C)Cc1ccco1. The zero-order valence-electron chi connectivity index (χ0n) is 17.7. The van der Waals surface area contributed by atoms with Crippen molar-refractivity contribution in [3.8, 4) is 0 Å². The molecule has 1 aliphatic heterocycles. The second kappa shape index (κ2) is 8.73. The van der Waals surface area contributed by atoms with Gasteiger partial charge in [-0.1, -0.05) is 30.3 Å². The van der Waals surface area contributed by atoms with E-state index in [0.29, 0.717) is 5.76 Å². The molecule has 1 unspecified atom stereocenters. The van der Waals surface area contributed by atoms with Crippen molar-refractivity contribution in [3.63, 3.8) is 0 Å². The first-order valence-corrected chi connectivity index (χ1v) is 9.98. The topological polar surface area (TPSA) is 86.0 Å². The summed E-state index contributed by atoms with van der Waals surface area (Å²) in [4.78, 5) is 39.5. The molecule has 1 aliphatic rings. The number of ether oxygens (including phenoxy) is 2. The van der Waals surface area contributed by atoms with E-state index in [4.69, 9.17) is 13.9 Å². The van der Waals surface area contributed by atoms with Gasteiger partial charge in [-0.3, -0.25) is 9.59 Å². The summed E-state index contributed by atoms with van der Waals surface area (Å²) in [5, 5.41) is 0. The van der Waals surface area contributed by atoms with Crippen LogP contribution < -0.4 is 0 Å². The van der Waals surface area contributed by atoms with Gasteiger partial charge in [-0.05, 0) is 45.4 Å². The van der Waals surface area contributed by atoms with Crippen LogP contribution in [-0.2, 0) is 25.5 Å². The van der Waals surface area contributed by atoms with Crippen molar-refractivity contribution in [2.75, 3.05) is 0 Å². The third-order valence-corrected chi connectivity index (χ3v) is 4.85. The number of hydrogen-bond acceptors (Lipinski definition) is 6. The minimum absolute atomic E-state index is 0.163. The van der Waals surface area contributed by atoms with Crippen molar-refractivity contribution in [2.45, 2.75) is 58.3 Å². The maximum atomic E-state index is 13.3. The molecule has 30 heavy (non-hydrogen) atoms. The number of carbonyl (C=O) groups is 3. The summed E-state index contributed by atoms with van der Waals surface area (Å²) in [6.07, 6.45) is 0.243. The minimum atomic E-state index is -0.810. The summed E-state index contributed by atoms with van der Waals surface area (Å²) in [5.41, 5.74) is 0.136. The molecule has 0 saturated carbocycles. The van der Waals surface area contributed by atoms with Crippen LogP contribution in [0.5, 0.6) is 0 Å². The fourth-order valence-electron chi connectivity index (χ4n) is 3.54. The van der Waals surface area contributed by atoms with Crippen molar-refractivity contribution >= 4 is 18.0 Å². The van der Waals surface area contributed by atoms with Crippen molar-refractivity contribution < 1.29 is 28.3 Å². The Balaban J connectivity index is 1.80. The molecule has 0 N–H and O–H groups in total. The van der Waals surface area contributed by atoms with Gasteiger partial charge in [0.25, 0.3) is 0 Å². The second-order valence-electron chi connectivity index (χ2n) is 8.43. The highest BCUT2D eigenvalue weighted by Crippen LogP contribution is 2.34. The summed E-state index contributed by atoms with van der Waals surface area (Å²) < 4.78 is 16.2. The number of imide groups is 1. The van der Waals surface area contributed by atoms with Gasteiger partial charge in [-0.15, -0.1) is 0 Å². The van der Waals surface area contributed by atoms with Crippen molar-refractivity contribution in [1.82, 2.24) is 4.90 Å². The number of benzene rings is 1. The predicted molar refractivity (Wildman–Crippen MR) is 108 cm³/mol. The van der Waals surface area contributed by atoms with Gasteiger partial charge in [0.1, 0.15) is 17.5 Å². The molecule has 2 amide bonds. The fraction of sp³-hybridized carbons (Fsp3) is 0.435. The lowest BCUT2D eigenvalue weighted by atomic mass is 9.96. The summed E-state index contributed by atoms with van der Waals surface area (Å²) in [6, 6.07) is 12.2. The first kappa shape index (κ1) is 21.6. The average Bonchev–Trinajstić information content (AvgIpc) is 3.27. The minimum Gasteiger partial charge on any atom is -0.469 e. The lowest BCUT2D eigenvalue weighted by Gasteiger charge is -2.25. The molecule has 0 aliphatic carbocycles. The Bertz CT molecular complexity index is 884. The first-order valence-electron chi connectivity index (χ1n) is 9.98. The number of esters is 1. The molecular formula is C23H27NO6. The fourth-order valence-corrected chi connectivity index (χ4v) is 3.54. The Morgan fingerprint density at radius 3 is 2.43 bits per heavy atom. The average molecular weight is 413 g/mol. The smallest absolute Gasteiger partial charge is 0.417 e. The van der Waals surface area contributed by atoms with E-state index in [1.807, 2.05) is 30.3 Å². The quantitative estimate of drug-likeness (QED) is 0.657. The van der Waals surface area contributed by atoms with Gasteiger partial charge in [0.15, 0.2) is 0 Å². The molecule has 0 bridgehead atoms. The molecule has 1 aromatic carbocycles. The summed E-state index contributed by atoms with van der Waals surface area (Å²) >= 11 is 0. The maximum Gasteiger partial charge on any atom is 0.417 e. The molecule has 1 aromatic heterocycles. The Morgan fingerprint density at radius 1 is 1.13 bits per heavy atom. The molecule has 3 rings (SSSR count). The van der Waals surface area contributed by atoms with Crippen LogP contribution in [0, 0.1) is 5.92 Å². The summed E-state index contributed by atoms with van der Waals surface area (Å²) in [7, 11) is 0. The van der Waals surface area contributed by atoms with Gasteiger partial charge < -0.3 is 13.9 Å². The number of amides is 2. The Kier molecular flexibility index (Phi) is 6.29. The third kappa shape index (κ3) is 5.09. The van der Waals surface area contributed by atoms with Crippen LogP contribution in [0.1, 0.15) is 51.5 Å². The lowest BCUT2D eigenvalue weighted by molar-refractivity contribution is -0.158. The van der Waals surface area contributed by atoms with Crippen LogP contribution in [0.25, 0.3) is 0 Å². The zero-order valence-corrected chi connectivity index (χ0v) is 17.7. The van der Waals surface area contributed by atoms with E-state index in [1.165, 1.54) is 6.26 Å². The standard InChI is InChI=1S/C23H27NO6/c1-15-20(16-9-6-5-7-10-16)29-22(27)24(15)21(26)17(13-18-11-8-12-28-18)14-19(25)30-23(2,3)4/h5-12,15,17,20H,13-14H2,1-4H3/t15-,17+,20?/m0/s1. The van der Waals surface area contributed by atoms with E-state index in [9.17, 15) is 14.4 Å². The van der Waals surface area contributed by atoms with E-state index in [-0.39, 0.29) is 12.8 Å². The number of hydrogen-bond donors (Lipinski definition) is 0. The number of carbonyl (C=O) groups excluding carboxylic acids is 3. The summed E-state index contributed by atoms with van der Waals surface area (Å²) in [5.74, 6) is -1.24. The highest BCUT2D eigenvalue weighted by atomic mass is 16.6. The number of nitrogens with zero attached hydrogens (tertiary/aromatic N) is 1. The molecule has 7 nitrogen and oxygen atoms in total. The van der Waals surface area contributed by atoms with Crippen LogP contribution in [-0.4, -0.2) is 34.5 Å². The molecule has 2 heterocycles. The van der Waals surface area contributed by atoms with Crippen molar-refractivity contribution in [3.05, 3.63) is 60.1 Å². The third-order valence-electron chi connectivity index (χ3n) is 4.85.